The van der Waals surface area contributed by atoms with Gasteiger partial charge in [0.15, 0.2) is 0 Å². The molecule has 2 aromatic carbocycles. The van der Waals surface area contributed by atoms with E-state index in [4.69, 9.17) is 9.15 Å². The summed E-state index contributed by atoms with van der Waals surface area (Å²) in [5.74, 6) is 0.472. The molecule has 25 heavy (non-hydrogen) atoms. The minimum Gasteiger partial charge on any atom is -0.496 e. The van der Waals surface area contributed by atoms with Crippen molar-refractivity contribution in [3.8, 4) is 5.75 Å². The summed E-state index contributed by atoms with van der Waals surface area (Å²) in [5.41, 5.74) is -0.0511. The van der Waals surface area contributed by atoms with Crippen LogP contribution in [0.25, 0.3) is 21.7 Å². The lowest BCUT2D eigenvalue weighted by Crippen LogP contribution is -2.27. The number of halogens is 1. The quantitative estimate of drug-likeness (QED) is 0.497. The summed E-state index contributed by atoms with van der Waals surface area (Å²) in [4.78, 5) is 24.8. The molecule has 1 amide bonds. The average Bonchev–Trinajstić information content (AvgIpc) is 2.55. The fraction of sp³-hybridized carbons (Fsp3) is 0.263. The van der Waals surface area contributed by atoms with Crippen molar-refractivity contribution in [3.05, 3.63) is 45.2 Å². The third-order valence-corrected chi connectivity index (χ3v) is 4.78. The van der Waals surface area contributed by atoms with E-state index in [0.29, 0.717) is 37.7 Å². The Bertz CT molecular complexity index is 1050. The molecule has 1 aromatic heterocycles. The van der Waals surface area contributed by atoms with Crippen molar-refractivity contribution >= 4 is 49.3 Å². The number of fused-ring (bicyclic) bond motifs is 3. The predicted octanol–water partition coefficient (Wildman–Crippen LogP) is 4.70. The van der Waals surface area contributed by atoms with Crippen LogP contribution in [0.4, 0.5) is 5.69 Å². The normalized spacial score (nSPS) is 11.7. The summed E-state index contributed by atoms with van der Waals surface area (Å²) in [6.45, 7) is 5.47. The second kappa shape index (κ2) is 6.19. The van der Waals surface area contributed by atoms with Crippen LogP contribution in [0.1, 0.15) is 20.8 Å². The van der Waals surface area contributed by atoms with E-state index in [1.165, 1.54) is 0 Å². The van der Waals surface area contributed by atoms with E-state index < -0.39 is 11.0 Å². The number of amides is 1. The number of ether oxygens (including phenoxy) is 1. The fourth-order valence-electron chi connectivity index (χ4n) is 2.57. The second-order valence-electron chi connectivity index (χ2n) is 6.78. The minimum absolute atomic E-state index is 0.143. The van der Waals surface area contributed by atoms with Crippen LogP contribution in [0.3, 0.4) is 0 Å². The molecule has 130 valence electrons. The number of hydrogen-bond donors (Lipinski definition) is 1. The number of hydrogen-bond acceptors (Lipinski definition) is 4. The lowest BCUT2D eigenvalue weighted by atomic mass is 9.95. The van der Waals surface area contributed by atoms with Gasteiger partial charge in [-0.1, -0.05) is 32.9 Å². The first-order valence-corrected chi connectivity index (χ1v) is 8.57. The highest BCUT2D eigenvalue weighted by Gasteiger charge is 2.23. The van der Waals surface area contributed by atoms with Gasteiger partial charge in [0.2, 0.25) is 5.91 Å². The van der Waals surface area contributed by atoms with E-state index in [1.807, 2.05) is 26.8 Å². The van der Waals surface area contributed by atoms with Crippen LogP contribution >= 0.6 is 15.9 Å². The molecular weight excluding hydrogens is 386 g/mol. The smallest absolute Gasteiger partial charge is 0.345 e. The van der Waals surface area contributed by atoms with Crippen LogP contribution in [0, 0.1) is 5.41 Å². The van der Waals surface area contributed by atoms with Gasteiger partial charge in [0.05, 0.1) is 28.0 Å². The van der Waals surface area contributed by atoms with Gasteiger partial charge >= 0.3 is 5.63 Å². The van der Waals surface area contributed by atoms with Gasteiger partial charge in [0.1, 0.15) is 11.3 Å². The van der Waals surface area contributed by atoms with Crippen LogP contribution in [-0.4, -0.2) is 13.0 Å². The zero-order chi connectivity index (χ0) is 18.4. The molecule has 6 heteroatoms. The third kappa shape index (κ3) is 3.02. The highest BCUT2D eigenvalue weighted by Crippen LogP contribution is 2.37. The van der Waals surface area contributed by atoms with Crippen molar-refractivity contribution < 1.29 is 13.9 Å². The van der Waals surface area contributed by atoms with Crippen molar-refractivity contribution in [1.82, 2.24) is 0 Å². The summed E-state index contributed by atoms with van der Waals surface area (Å²) >= 11 is 3.44. The van der Waals surface area contributed by atoms with E-state index in [2.05, 4.69) is 21.2 Å². The second-order valence-corrected chi connectivity index (χ2v) is 7.57. The molecule has 3 aromatic rings. The van der Waals surface area contributed by atoms with Crippen molar-refractivity contribution in [2.24, 2.45) is 5.41 Å². The lowest BCUT2D eigenvalue weighted by molar-refractivity contribution is -0.123. The molecule has 1 heterocycles. The van der Waals surface area contributed by atoms with Gasteiger partial charge < -0.3 is 14.5 Å². The third-order valence-electron chi connectivity index (χ3n) is 3.96. The maximum absolute atomic E-state index is 12.5. The molecule has 0 atom stereocenters. The monoisotopic (exact) mass is 403 g/mol. The van der Waals surface area contributed by atoms with Gasteiger partial charge in [0.25, 0.3) is 0 Å². The van der Waals surface area contributed by atoms with E-state index in [0.717, 1.165) is 0 Å². The Kier molecular flexibility index (Phi) is 4.33. The molecule has 0 aliphatic heterocycles. The van der Waals surface area contributed by atoms with Gasteiger partial charge in [-0.05, 0) is 34.1 Å². The highest BCUT2D eigenvalue weighted by molar-refractivity contribution is 9.10. The number of benzene rings is 2. The molecule has 1 N–H and O–H groups in total. The first kappa shape index (κ1) is 17.5. The fourth-order valence-corrected chi connectivity index (χ4v) is 3.18. The Morgan fingerprint density at radius 3 is 2.52 bits per heavy atom. The molecule has 0 bridgehead atoms. The van der Waals surface area contributed by atoms with Crippen molar-refractivity contribution in [2.45, 2.75) is 20.8 Å². The Labute approximate surface area is 153 Å². The molecule has 0 saturated heterocycles. The number of carbonyl (C=O) groups is 1. The highest BCUT2D eigenvalue weighted by atomic mass is 79.9. The molecule has 0 fully saturated rings. The van der Waals surface area contributed by atoms with Gasteiger partial charge in [-0.25, -0.2) is 4.79 Å². The number of methoxy groups -OCH3 is 1. The molecule has 0 aliphatic rings. The van der Waals surface area contributed by atoms with Gasteiger partial charge in [0, 0.05) is 10.8 Å². The van der Waals surface area contributed by atoms with Crippen molar-refractivity contribution in [3.63, 3.8) is 0 Å². The molecular formula is C19H18BrNO4. The summed E-state index contributed by atoms with van der Waals surface area (Å²) in [6, 6.07) is 8.86. The first-order chi connectivity index (χ1) is 11.7. The van der Waals surface area contributed by atoms with Crippen molar-refractivity contribution in [2.75, 3.05) is 12.4 Å². The zero-order valence-corrected chi connectivity index (χ0v) is 16.0. The molecule has 5 nitrogen and oxygen atoms in total. The number of rotatable bonds is 2. The summed E-state index contributed by atoms with van der Waals surface area (Å²) < 4.78 is 11.3. The SMILES string of the molecule is COc1cccc2oc(=O)c3c(Br)c(NC(=O)C(C)(C)C)ccc3c12. The van der Waals surface area contributed by atoms with Crippen LogP contribution in [0.5, 0.6) is 5.75 Å². The van der Waals surface area contributed by atoms with Crippen LogP contribution in [0.2, 0.25) is 0 Å². The maximum Gasteiger partial charge on any atom is 0.345 e. The Hall–Kier alpha value is -2.34. The molecule has 0 spiro atoms. The molecule has 3 rings (SSSR count). The first-order valence-electron chi connectivity index (χ1n) is 7.77. The topological polar surface area (TPSA) is 68.5 Å². The Morgan fingerprint density at radius 2 is 1.88 bits per heavy atom. The van der Waals surface area contributed by atoms with E-state index in [1.54, 1.807) is 31.4 Å². The Morgan fingerprint density at radius 1 is 1.16 bits per heavy atom. The average molecular weight is 404 g/mol. The number of anilines is 1. The molecule has 0 saturated carbocycles. The van der Waals surface area contributed by atoms with Crippen LogP contribution in [0.15, 0.2) is 44.0 Å². The Balaban J connectivity index is 2.30. The van der Waals surface area contributed by atoms with Gasteiger partial charge in [-0.15, -0.1) is 0 Å². The molecule has 0 aliphatic carbocycles. The maximum atomic E-state index is 12.5. The lowest BCUT2D eigenvalue weighted by Gasteiger charge is -2.19. The summed E-state index contributed by atoms with van der Waals surface area (Å²) in [5, 5.41) is 4.63. The molecule has 0 unspecified atom stereocenters. The van der Waals surface area contributed by atoms with Gasteiger partial charge in [-0.3, -0.25) is 4.79 Å². The largest absolute Gasteiger partial charge is 0.496 e. The van der Waals surface area contributed by atoms with E-state index >= 15 is 0 Å². The zero-order valence-electron chi connectivity index (χ0n) is 14.4. The summed E-state index contributed by atoms with van der Waals surface area (Å²) in [6.07, 6.45) is 0. The number of nitrogens with one attached hydrogen (secondary N) is 1. The van der Waals surface area contributed by atoms with Crippen LogP contribution < -0.4 is 15.7 Å². The van der Waals surface area contributed by atoms with Gasteiger partial charge in [-0.2, -0.15) is 0 Å². The predicted molar refractivity (Wildman–Crippen MR) is 102 cm³/mol. The van der Waals surface area contributed by atoms with E-state index in [-0.39, 0.29) is 5.91 Å². The van der Waals surface area contributed by atoms with E-state index in [9.17, 15) is 9.59 Å². The minimum atomic E-state index is -0.550. The van der Waals surface area contributed by atoms with Crippen molar-refractivity contribution in [1.29, 1.82) is 0 Å². The number of carbonyl (C=O) groups excluding carboxylic acids is 1. The molecule has 0 radical (unpaired) electrons. The standard InChI is InChI=1S/C19H18BrNO4/c1-19(2,3)18(23)21-11-9-8-10-14-12(24-4)6-5-7-13(14)25-17(22)15(10)16(11)20/h5-9H,1-4H3,(H,21,23). The van der Waals surface area contributed by atoms with Crippen LogP contribution in [-0.2, 0) is 4.79 Å². The summed E-state index contributed by atoms with van der Waals surface area (Å²) in [7, 11) is 1.57.